The molecule has 0 radical (unpaired) electrons. The fraction of sp³-hybridized carbons (Fsp3) is 0. The summed E-state index contributed by atoms with van der Waals surface area (Å²) in [6.07, 6.45) is 8.03. The van der Waals surface area contributed by atoms with E-state index in [-0.39, 0.29) is 0 Å². The first-order valence-corrected chi connectivity index (χ1v) is 6.19. The van der Waals surface area contributed by atoms with Crippen LogP contribution in [0.1, 0.15) is 22.8 Å². The number of H-pyrrole nitrogens is 1. The van der Waals surface area contributed by atoms with Crippen LogP contribution in [0.2, 0.25) is 0 Å². The normalized spacial score (nSPS) is 12.8. The van der Waals surface area contributed by atoms with Crippen molar-refractivity contribution in [2.24, 2.45) is 0 Å². The molecule has 0 aliphatic carbocycles. The van der Waals surface area contributed by atoms with Crippen LogP contribution in [-0.4, -0.2) is 15.0 Å². The quantitative estimate of drug-likeness (QED) is 0.514. The van der Waals surface area contributed by atoms with Gasteiger partial charge in [0.25, 0.3) is 0 Å². The predicted molar refractivity (Wildman–Crippen MR) is 78.2 cm³/mol. The molecule has 0 saturated heterocycles. The summed E-state index contributed by atoms with van der Waals surface area (Å²) in [5, 5.41) is 0. The van der Waals surface area contributed by atoms with Crippen molar-refractivity contribution >= 4 is 35.3 Å². The van der Waals surface area contributed by atoms with Gasteiger partial charge in [0.2, 0.25) is 0 Å². The molecule has 2 aliphatic heterocycles. The van der Waals surface area contributed by atoms with Crippen LogP contribution in [0.25, 0.3) is 35.3 Å². The predicted octanol–water partition coefficient (Wildman–Crippen LogP) is 3.61. The number of nitrogens with one attached hydrogen (secondary N) is 1. The molecule has 0 saturated carbocycles. The second-order valence-corrected chi connectivity index (χ2v) is 4.58. The van der Waals surface area contributed by atoms with E-state index < -0.39 is 0 Å². The highest BCUT2D eigenvalue weighted by atomic mass is 14.8. The zero-order valence-corrected chi connectivity index (χ0v) is 10.2. The van der Waals surface area contributed by atoms with E-state index >= 15 is 0 Å². The Balaban J connectivity index is 2.10. The van der Waals surface area contributed by atoms with Gasteiger partial charge in [0.05, 0.1) is 22.8 Å². The first-order chi connectivity index (χ1) is 9.35. The van der Waals surface area contributed by atoms with Crippen LogP contribution in [-0.2, 0) is 0 Å². The van der Waals surface area contributed by atoms with E-state index in [9.17, 15) is 0 Å². The minimum atomic E-state index is 0.936. The molecule has 3 heteroatoms. The van der Waals surface area contributed by atoms with E-state index in [1.54, 1.807) is 0 Å². The topological polar surface area (TPSA) is 41.6 Å². The first kappa shape index (κ1) is 10.3. The molecular weight excluding hydrogens is 234 g/mol. The van der Waals surface area contributed by atoms with Crippen LogP contribution in [0.4, 0.5) is 0 Å². The van der Waals surface area contributed by atoms with Crippen LogP contribution in [0.15, 0.2) is 36.4 Å². The summed E-state index contributed by atoms with van der Waals surface area (Å²) in [5.74, 6) is 0. The molecule has 0 aromatic carbocycles. The fourth-order valence-electron chi connectivity index (χ4n) is 2.22. The Kier molecular flexibility index (Phi) is 2.12. The molecular formula is C16H11N3. The number of hydrogen-bond acceptors (Lipinski definition) is 2. The van der Waals surface area contributed by atoms with Gasteiger partial charge in [0.1, 0.15) is 0 Å². The first-order valence-electron chi connectivity index (χ1n) is 6.19. The van der Waals surface area contributed by atoms with E-state index in [0.29, 0.717) is 0 Å². The fourth-order valence-corrected chi connectivity index (χ4v) is 2.22. The zero-order valence-electron chi connectivity index (χ0n) is 10.2. The molecule has 2 aliphatic rings. The SMILES string of the molecule is C1=Cc2cc3nc(cc4ccc(ccc1n2)[nH]4)C=C3. The minimum absolute atomic E-state index is 0.936. The van der Waals surface area contributed by atoms with Gasteiger partial charge < -0.3 is 4.98 Å². The summed E-state index contributed by atoms with van der Waals surface area (Å²) in [7, 11) is 0. The largest absolute Gasteiger partial charge is 0.355 e. The van der Waals surface area contributed by atoms with Crippen molar-refractivity contribution in [3.8, 4) is 0 Å². The van der Waals surface area contributed by atoms with Gasteiger partial charge in [-0.3, -0.25) is 0 Å². The summed E-state index contributed by atoms with van der Waals surface area (Å²) in [6, 6.07) is 12.2. The Labute approximate surface area is 110 Å². The van der Waals surface area contributed by atoms with Gasteiger partial charge in [-0.1, -0.05) is 0 Å². The standard InChI is InChI=1S/C16H11N3/c1-2-12-4-6-14(18-12)10-16-8-7-15(19-16)9-13-5-3-11(1)17-13/h1-10,17H. The van der Waals surface area contributed by atoms with E-state index in [4.69, 9.17) is 0 Å². The molecule has 3 nitrogen and oxygen atoms in total. The van der Waals surface area contributed by atoms with Gasteiger partial charge in [-0.25, -0.2) is 9.97 Å². The maximum absolute atomic E-state index is 4.55. The van der Waals surface area contributed by atoms with Crippen molar-refractivity contribution in [2.75, 3.05) is 0 Å². The molecule has 0 amide bonds. The van der Waals surface area contributed by atoms with Crippen molar-refractivity contribution in [3.63, 3.8) is 0 Å². The molecule has 2 aromatic heterocycles. The molecule has 19 heavy (non-hydrogen) atoms. The Morgan fingerprint density at radius 3 is 2.00 bits per heavy atom. The van der Waals surface area contributed by atoms with Crippen LogP contribution >= 0.6 is 0 Å². The maximum Gasteiger partial charge on any atom is 0.0659 e. The van der Waals surface area contributed by atoms with Gasteiger partial charge in [-0.2, -0.15) is 0 Å². The van der Waals surface area contributed by atoms with Gasteiger partial charge in [0.15, 0.2) is 0 Å². The van der Waals surface area contributed by atoms with Crippen molar-refractivity contribution < 1.29 is 0 Å². The molecule has 0 spiro atoms. The van der Waals surface area contributed by atoms with E-state index in [2.05, 4.69) is 15.0 Å². The van der Waals surface area contributed by atoms with Gasteiger partial charge >= 0.3 is 0 Å². The van der Waals surface area contributed by atoms with Gasteiger partial charge in [-0.15, -0.1) is 0 Å². The average Bonchev–Trinajstić information content (AvgIpc) is 3.10. The van der Waals surface area contributed by atoms with Crippen molar-refractivity contribution in [1.82, 2.24) is 15.0 Å². The molecule has 0 unspecified atom stereocenters. The van der Waals surface area contributed by atoms with Crippen LogP contribution in [0.5, 0.6) is 0 Å². The number of aromatic amines is 1. The lowest BCUT2D eigenvalue weighted by Crippen LogP contribution is -1.76. The summed E-state index contributed by atoms with van der Waals surface area (Å²) >= 11 is 0. The number of aromatic nitrogens is 3. The maximum atomic E-state index is 4.55. The number of nitrogens with zero attached hydrogens (tertiary/aromatic N) is 2. The van der Waals surface area contributed by atoms with Gasteiger partial charge in [-0.05, 0) is 60.7 Å². The van der Waals surface area contributed by atoms with Gasteiger partial charge in [0, 0.05) is 11.0 Å². The van der Waals surface area contributed by atoms with E-state index in [1.165, 1.54) is 0 Å². The molecule has 0 atom stereocenters. The third kappa shape index (κ3) is 1.95. The lowest BCUT2D eigenvalue weighted by molar-refractivity contribution is 1.28. The monoisotopic (exact) mass is 245 g/mol. The molecule has 4 rings (SSSR count). The van der Waals surface area contributed by atoms with E-state index in [1.807, 2.05) is 60.7 Å². The molecule has 90 valence electrons. The van der Waals surface area contributed by atoms with Crippen LogP contribution < -0.4 is 0 Å². The van der Waals surface area contributed by atoms with Crippen LogP contribution in [0, 0.1) is 0 Å². The zero-order chi connectivity index (χ0) is 12.7. The Morgan fingerprint density at radius 2 is 1.16 bits per heavy atom. The number of fused-ring (bicyclic) bond motifs is 6. The highest BCUT2D eigenvalue weighted by Crippen LogP contribution is 2.16. The summed E-state index contributed by atoms with van der Waals surface area (Å²) in [4.78, 5) is 12.4. The van der Waals surface area contributed by atoms with E-state index in [0.717, 1.165) is 33.8 Å². The van der Waals surface area contributed by atoms with Crippen molar-refractivity contribution in [3.05, 3.63) is 59.2 Å². The molecule has 1 N–H and O–H groups in total. The third-order valence-electron chi connectivity index (χ3n) is 3.13. The summed E-state index contributed by atoms with van der Waals surface area (Å²) < 4.78 is 0. The second-order valence-electron chi connectivity index (χ2n) is 4.58. The Bertz CT molecular complexity index is 825. The summed E-state index contributed by atoms with van der Waals surface area (Å²) in [5.41, 5.74) is 5.90. The molecule has 6 bridgehead atoms. The smallest absolute Gasteiger partial charge is 0.0659 e. The van der Waals surface area contributed by atoms with Crippen molar-refractivity contribution in [1.29, 1.82) is 0 Å². The lowest BCUT2D eigenvalue weighted by atomic mass is 10.3. The number of hydrogen-bond donors (Lipinski definition) is 1. The second kappa shape index (κ2) is 3.92. The molecule has 2 aromatic rings. The van der Waals surface area contributed by atoms with Crippen molar-refractivity contribution in [2.45, 2.75) is 0 Å². The number of rotatable bonds is 0. The Morgan fingerprint density at radius 1 is 0.579 bits per heavy atom. The summed E-state index contributed by atoms with van der Waals surface area (Å²) in [6.45, 7) is 0. The molecule has 0 fully saturated rings. The average molecular weight is 245 g/mol. The highest BCUT2D eigenvalue weighted by molar-refractivity contribution is 5.76. The van der Waals surface area contributed by atoms with Crippen LogP contribution in [0.3, 0.4) is 0 Å². The highest BCUT2D eigenvalue weighted by Gasteiger charge is 2.01. The lowest BCUT2D eigenvalue weighted by Gasteiger charge is -1.83. The minimum Gasteiger partial charge on any atom is -0.355 e. The third-order valence-corrected chi connectivity index (χ3v) is 3.13. The molecule has 4 heterocycles. The Hall–Kier alpha value is -2.68.